The van der Waals surface area contributed by atoms with Gasteiger partial charge in [-0.25, -0.2) is 13.6 Å². The molecule has 0 amide bonds. The molecule has 1 aromatic rings. The highest BCUT2D eigenvalue weighted by Crippen LogP contribution is 2.34. The molecule has 2 unspecified atom stereocenters. The Morgan fingerprint density at radius 1 is 1.35 bits per heavy atom. The number of hydrogen-bond acceptors (Lipinski definition) is 3. The molecule has 112 valence electrons. The molecule has 0 radical (unpaired) electrons. The number of sulfonamides is 1. The van der Waals surface area contributed by atoms with Gasteiger partial charge in [-0.05, 0) is 49.8 Å². The van der Waals surface area contributed by atoms with E-state index in [9.17, 15) is 8.42 Å². The first-order chi connectivity index (χ1) is 9.27. The van der Waals surface area contributed by atoms with Gasteiger partial charge in [0.2, 0.25) is 10.0 Å². The minimum Gasteiger partial charge on any atom is -0.489 e. The third kappa shape index (κ3) is 3.74. The molecule has 0 saturated heterocycles. The molecule has 0 aromatic heterocycles. The van der Waals surface area contributed by atoms with Crippen LogP contribution in [0.5, 0.6) is 5.75 Å². The summed E-state index contributed by atoms with van der Waals surface area (Å²) in [6.07, 6.45) is 4.32. The second-order valence-electron chi connectivity index (χ2n) is 5.61. The number of halogens is 1. The molecule has 0 aliphatic heterocycles. The molecular formula is C14H20BrNO3S. The van der Waals surface area contributed by atoms with Gasteiger partial charge in [0.15, 0.2) is 0 Å². The second-order valence-corrected chi connectivity index (χ2v) is 8.05. The molecule has 1 saturated carbocycles. The third-order valence-electron chi connectivity index (χ3n) is 3.68. The van der Waals surface area contributed by atoms with Gasteiger partial charge in [0.25, 0.3) is 0 Å². The molecule has 0 heterocycles. The molecule has 1 aliphatic rings. The van der Waals surface area contributed by atoms with Gasteiger partial charge < -0.3 is 4.74 Å². The zero-order valence-electron chi connectivity index (χ0n) is 11.7. The highest BCUT2D eigenvalue weighted by molar-refractivity contribution is 9.10. The van der Waals surface area contributed by atoms with Crippen LogP contribution in [0, 0.1) is 12.8 Å². The summed E-state index contributed by atoms with van der Waals surface area (Å²) in [6.45, 7) is 4.03. The number of rotatable bonds is 3. The van der Waals surface area contributed by atoms with Gasteiger partial charge in [-0.1, -0.05) is 29.3 Å². The van der Waals surface area contributed by atoms with E-state index >= 15 is 0 Å². The van der Waals surface area contributed by atoms with Crippen molar-refractivity contribution in [1.29, 1.82) is 0 Å². The van der Waals surface area contributed by atoms with E-state index in [4.69, 9.17) is 9.88 Å². The average Bonchev–Trinajstić information content (AvgIpc) is 2.31. The summed E-state index contributed by atoms with van der Waals surface area (Å²) in [4.78, 5) is 0.0580. The zero-order chi connectivity index (χ0) is 14.9. The van der Waals surface area contributed by atoms with Crippen molar-refractivity contribution in [2.75, 3.05) is 0 Å². The number of aryl methyl sites for hydroxylation is 1. The lowest BCUT2D eigenvalue weighted by atomic mass is 9.88. The molecule has 6 heteroatoms. The van der Waals surface area contributed by atoms with Gasteiger partial charge in [0.05, 0.1) is 6.10 Å². The maximum Gasteiger partial charge on any atom is 0.241 e. The Morgan fingerprint density at radius 3 is 2.65 bits per heavy atom. The molecular weight excluding hydrogens is 342 g/mol. The van der Waals surface area contributed by atoms with E-state index < -0.39 is 10.0 Å². The Labute approximate surface area is 128 Å². The van der Waals surface area contributed by atoms with Crippen molar-refractivity contribution >= 4 is 26.0 Å². The molecule has 0 spiro atoms. The normalized spacial score (nSPS) is 23.6. The zero-order valence-corrected chi connectivity index (χ0v) is 14.1. The molecule has 2 atom stereocenters. The van der Waals surface area contributed by atoms with Crippen molar-refractivity contribution in [2.24, 2.45) is 11.1 Å². The Morgan fingerprint density at radius 2 is 2.05 bits per heavy atom. The molecule has 20 heavy (non-hydrogen) atoms. The highest BCUT2D eigenvalue weighted by Gasteiger charge is 2.25. The van der Waals surface area contributed by atoms with Gasteiger partial charge in [-0.15, -0.1) is 0 Å². The van der Waals surface area contributed by atoms with Crippen LogP contribution in [0.2, 0.25) is 0 Å². The van der Waals surface area contributed by atoms with Crippen LogP contribution in [0.1, 0.15) is 38.2 Å². The fraction of sp³-hybridized carbons (Fsp3) is 0.571. The Hall–Kier alpha value is -0.590. The number of primary sulfonamides is 1. The van der Waals surface area contributed by atoms with E-state index in [0.29, 0.717) is 16.1 Å². The number of ether oxygens (including phenoxy) is 1. The van der Waals surface area contributed by atoms with E-state index in [0.717, 1.165) is 24.8 Å². The van der Waals surface area contributed by atoms with E-state index in [1.165, 1.54) is 12.5 Å². The lowest BCUT2D eigenvalue weighted by Gasteiger charge is -2.28. The lowest BCUT2D eigenvalue weighted by Crippen LogP contribution is -2.26. The van der Waals surface area contributed by atoms with E-state index in [1.807, 2.05) is 13.0 Å². The molecule has 4 nitrogen and oxygen atoms in total. The van der Waals surface area contributed by atoms with Crippen molar-refractivity contribution < 1.29 is 13.2 Å². The van der Waals surface area contributed by atoms with Crippen LogP contribution in [0.3, 0.4) is 0 Å². The van der Waals surface area contributed by atoms with Crippen molar-refractivity contribution in [3.05, 3.63) is 22.2 Å². The molecule has 1 aliphatic carbocycles. The van der Waals surface area contributed by atoms with Crippen LogP contribution in [-0.4, -0.2) is 14.5 Å². The number of benzene rings is 1. The van der Waals surface area contributed by atoms with Crippen molar-refractivity contribution in [3.63, 3.8) is 0 Å². The fourth-order valence-corrected chi connectivity index (χ4v) is 4.20. The van der Waals surface area contributed by atoms with Crippen molar-refractivity contribution in [1.82, 2.24) is 0 Å². The fourth-order valence-electron chi connectivity index (χ4n) is 2.71. The van der Waals surface area contributed by atoms with Gasteiger partial charge in [-0.2, -0.15) is 0 Å². The summed E-state index contributed by atoms with van der Waals surface area (Å²) in [5.74, 6) is 1.01. The van der Waals surface area contributed by atoms with Crippen LogP contribution < -0.4 is 9.88 Å². The van der Waals surface area contributed by atoms with Crippen LogP contribution in [0.15, 0.2) is 21.5 Å². The standard InChI is InChI=1S/C14H20BrNO3S/c1-9-4-3-5-12(6-9)19-14-10(2)7-11(15)8-13(14)20(16,17)18/h7-9,12H,3-6H2,1-2H3,(H2,16,17,18). The summed E-state index contributed by atoms with van der Waals surface area (Å²) in [5, 5.41) is 5.30. The average molecular weight is 362 g/mol. The monoisotopic (exact) mass is 361 g/mol. The van der Waals surface area contributed by atoms with Crippen LogP contribution in [0.4, 0.5) is 0 Å². The first-order valence-electron chi connectivity index (χ1n) is 6.77. The number of nitrogens with two attached hydrogens (primary N) is 1. The van der Waals surface area contributed by atoms with Gasteiger partial charge >= 0.3 is 0 Å². The topological polar surface area (TPSA) is 69.4 Å². The Kier molecular flexibility index (Phi) is 4.76. The first-order valence-corrected chi connectivity index (χ1v) is 9.11. The third-order valence-corrected chi connectivity index (χ3v) is 5.06. The Bertz CT molecular complexity index is 601. The molecule has 1 aromatic carbocycles. The van der Waals surface area contributed by atoms with Gasteiger partial charge in [0.1, 0.15) is 10.6 Å². The van der Waals surface area contributed by atoms with Crippen LogP contribution in [-0.2, 0) is 10.0 Å². The largest absolute Gasteiger partial charge is 0.489 e. The predicted molar refractivity (Wildman–Crippen MR) is 82.3 cm³/mol. The summed E-state index contributed by atoms with van der Waals surface area (Å²) in [6, 6.07) is 3.35. The quantitative estimate of drug-likeness (QED) is 0.896. The molecule has 0 bridgehead atoms. The van der Waals surface area contributed by atoms with Crippen molar-refractivity contribution in [3.8, 4) is 5.75 Å². The smallest absolute Gasteiger partial charge is 0.241 e. The van der Waals surface area contributed by atoms with Gasteiger partial charge in [-0.3, -0.25) is 0 Å². The van der Waals surface area contributed by atoms with Crippen molar-refractivity contribution in [2.45, 2.75) is 50.5 Å². The van der Waals surface area contributed by atoms with Crippen LogP contribution in [0.25, 0.3) is 0 Å². The van der Waals surface area contributed by atoms with E-state index in [2.05, 4.69) is 22.9 Å². The molecule has 2 rings (SSSR count). The summed E-state index contributed by atoms with van der Waals surface area (Å²) >= 11 is 3.30. The van der Waals surface area contributed by atoms with E-state index in [1.54, 1.807) is 0 Å². The summed E-state index contributed by atoms with van der Waals surface area (Å²) < 4.78 is 30.2. The molecule has 1 fully saturated rings. The maximum absolute atomic E-state index is 11.7. The second kappa shape index (κ2) is 6.03. The summed E-state index contributed by atoms with van der Waals surface area (Å²) in [5.41, 5.74) is 0.779. The lowest BCUT2D eigenvalue weighted by molar-refractivity contribution is 0.125. The SMILES string of the molecule is Cc1cc(Br)cc(S(N)(=O)=O)c1OC1CCCC(C)C1. The first kappa shape index (κ1) is 15.8. The number of hydrogen-bond donors (Lipinski definition) is 1. The van der Waals surface area contributed by atoms with Gasteiger partial charge in [0, 0.05) is 4.47 Å². The predicted octanol–water partition coefficient (Wildman–Crippen LogP) is 3.36. The Balaban J connectivity index is 2.35. The summed E-state index contributed by atoms with van der Waals surface area (Å²) in [7, 11) is -3.80. The maximum atomic E-state index is 11.7. The van der Waals surface area contributed by atoms with E-state index in [-0.39, 0.29) is 11.0 Å². The van der Waals surface area contributed by atoms with Crippen LogP contribution >= 0.6 is 15.9 Å². The molecule has 2 N–H and O–H groups in total. The highest BCUT2D eigenvalue weighted by atomic mass is 79.9. The minimum atomic E-state index is -3.80. The minimum absolute atomic E-state index is 0.0580.